The Bertz CT molecular complexity index is 898. The Morgan fingerprint density at radius 3 is 2.70 bits per heavy atom. The van der Waals surface area contributed by atoms with Crippen LogP contribution in [0.15, 0.2) is 41.8 Å². The van der Waals surface area contributed by atoms with Gasteiger partial charge in [0.05, 0.1) is 17.1 Å². The molecule has 2 aliphatic heterocycles. The molecule has 0 spiro atoms. The Hall–Kier alpha value is -2.42. The maximum Gasteiger partial charge on any atom is 0.241 e. The predicted molar refractivity (Wildman–Crippen MR) is 107 cm³/mol. The molecule has 2 unspecified atom stereocenters. The lowest BCUT2D eigenvalue weighted by Gasteiger charge is -2.35. The summed E-state index contributed by atoms with van der Waals surface area (Å²) < 4.78 is 0. The molecule has 3 N–H and O–H groups in total. The fourth-order valence-corrected chi connectivity index (χ4v) is 4.63. The van der Waals surface area contributed by atoms with Gasteiger partial charge < -0.3 is 14.8 Å². The minimum Gasteiger partial charge on any atom is -0.339 e. The molecule has 0 radical (unpaired) electrons. The second kappa shape index (κ2) is 6.95. The number of nitrogens with one attached hydrogen (secondary N) is 3. The Kier molecular flexibility index (Phi) is 4.31. The highest BCUT2D eigenvalue weighted by Gasteiger charge is 2.34. The molecule has 3 aromatic rings. The lowest BCUT2D eigenvalue weighted by molar-refractivity contribution is -0.133. The van der Waals surface area contributed by atoms with Crippen molar-refractivity contribution in [3.63, 3.8) is 0 Å². The van der Waals surface area contributed by atoms with Crippen molar-refractivity contribution >= 4 is 34.2 Å². The second-order valence-corrected chi connectivity index (χ2v) is 8.01. The first-order valence-electron chi connectivity index (χ1n) is 9.31. The molecule has 4 heterocycles. The summed E-state index contributed by atoms with van der Waals surface area (Å²) in [5.74, 6) is 1.08. The number of benzene rings is 1. The molecule has 2 saturated heterocycles. The van der Waals surface area contributed by atoms with Gasteiger partial charge >= 0.3 is 0 Å². The van der Waals surface area contributed by atoms with Crippen LogP contribution in [0.1, 0.15) is 17.3 Å². The summed E-state index contributed by atoms with van der Waals surface area (Å²) in [6, 6.07) is 12.3. The van der Waals surface area contributed by atoms with E-state index in [0.717, 1.165) is 49.6 Å². The number of thiophene rings is 1. The van der Waals surface area contributed by atoms with E-state index in [1.807, 2.05) is 35.2 Å². The molecule has 140 valence electrons. The molecule has 0 bridgehead atoms. The first-order valence-corrected chi connectivity index (χ1v) is 10.2. The molecule has 27 heavy (non-hydrogen) atoms. The number of carbonyl (C=O) groups is 1. The number of amides is 1. The zero-order valence-corrected chi connectivity index (χ0v) is 15.7. The van der Waals surface area contributed by atoms with Gasteiger partial charge in [-0.3, -0.25) is 4.79 Å². The van der Waals surface area contributed by atoms with Crippen molar-refractivity contribution in [2.24, 2.45) is 0 Å². The summed E-state index contributed by atoms with van der Waals surface area (Å²) in [4.78, 5) is 26.4. The summed E-state index contributed by atoms with van der Waals surface area (Å²) >= 11 is 1.72. The van der Waals surface area contributed by atoms with Gasteiger partial charge in [-0.1, -0.05) is 18.2 Å². The number of para-hydroxylation sites is 2. The summed E-state index contributed by atoms with van der Waals surface area (Å²) in [6.45, 7) is 3.02. The molecule has 0 saturated carbocycles. The van der Waals surface area contributed by atoms with E-state index in [1.165, 1.54) is 4.88 Å². The first-order chi connectivity index (χ1) is 13.3. The van der Waals surface area contributed by atoms with E-state index < -0.39 is 0 Å². The number of aromatic amines is 1. The molecule has 7 nitrogen and oxygen atoms in total. The number of nitrogens with zero attached hydrogens (tertiary/aromatic N) is 3. The summed E-state index contributed by atoms with van der Waals surface area (Å²) in [5, 5.41) is 2.07. The number of hydrogen-bond donors (Lipinski definition) is 3. The number of rotatable bonds is 3. The van der Waals surface area contributed by atoms with E-state index in [4.69, 9.17) is 0 Å². The second-order valence-electron chi connectivity index (χ2n) is 7.03. The minimum absolute atomic E-state index is 0.158. The summed E-state index contributed by atoms with van der Waals surface area (Å²) in [5.41, 5.74) is 8.48. The van der Waals surface area contributed by atoms with E-state index in [9.17, 15) is 4.79 Å². The zero-order valence-electron chi connectivity index (χ0n) is 14.9. The predicted octanol–water partition coefficient (Wildman–Crippen LogP) is 1.88. The Morgan fingerprint density at radius 2 is 1.93 bits per heavy atom. The van der Waals surface area contributed by atoms with E-state index in [1.54, 1.807) is 11.3 Å². The number of piperazine rings is 1. The number of anilines is 1. The van der Waals surface area contributed by atoms with E-state index >= 15 is 0 Å². The molecule has 5 rings (SSSR count). The molecule has 1 aromatic carbocycles. The van der Waals surface area contributed by atoms with Crippen molar-refractivity contribution in [2.75, 3.05) is 31.1 Å². The van der Waals surface area contributed by atoms with Crippen LogP contribution < -0.4 is 15.8 Å². The van der Waals surface area contributed by atoms with Crippen LogP contribution in [0, 0.1) is 0 Å². The van der Waals surface area contributed by atoms with Crippen LogP contribution >= 0.6 is 11.3 Å². The molecule has 2 atom stereocenters. The highest BCUT2D eigenvalue weighted by atomic mass is 32.1. The van der Waals surface area contributed by atoms with E-state index in [2.05, 4.69) is 37.2 Å². The fraction of sp³-hybridized carbons (Fsp3) is 0.368. The third kappa shape index (κ3) is 3.20. The van der Waals surface area contributed by atoms with Crippen LogP contribution in [0.3, 0.4) is 0 Å². The third-order valence-corrected chi connectivity index (χ3v) is 6.34. The summed E-state index contributed by atoms with van der Waals surface area (Å²) in [6.07, 6.45) is 0.795. The molecule has 2 fully saturated rings. The lowest BCUT2D eigenvalue weighted by Crippen LogP contribution is -2.54. The Morgan fingerprint density at radius 1 is 1.07 bits per heavy atom. The summed E-state index contributed by atoms with van der Waals surface area (Å²) in [7, 11) is 0. The van der Waals surface area contributed by atoms with Gasteiger partial charge in [-0.05, 0) is 30.0 Å². The molecule has 8 heteroatoms. The molecule has 1 amide bonds. The third-order valence-electron chi connectivity index (χ3n) is 5.36. The van der Waals surface area contributed by atoms with Gasteiger partial charge in [-0.15, -0.1) is 11.3 Å². The van der Waals surface area contributed by atoms with Crippen molar-refractivity contribution < 1.29 is 4.79 Å². The lowest BCUT2D eigenvalue weighted by atomic mass is 10.1. The van der Waals surface area contributed by atoms with E-state index in [-0.39, 0.29) is 18.0 Å². The Labute approximate surface area is 161 Å². The fourth-order valence-electron chi connectivity index (χ4n) is 3.84. The van der Waals surface area contributed by atoms with Crippen LogP contribution in [0.4, 0.5) is 5.95 Å². The minimum atomic E-state index is -0.158. The molecular weight excluding hydrogens is 360 g/mol. The topological polar surface area (TPSA) is 76.3 Å². The molecule has 0 aliphatic carbocycles. The number of hydrazine groups is 1. The standard InChI is InChI=1S/C19H22N6OS/c26-18(16-12-15(22-23-16)17-6-3-11-27-17)24-7-9-25(10-8-24)19-20-13-4-1-2-5-14(13)21-19/h1-6,11,15-16,22-23H,7-10,12H2,(H,20,21). The van der Waals surface area contributed by atoms with Gasteiger partial charge in [0.25, 0.3) is 0 Å². The van der Waals surface area contributed by atoms with Crippen molar-refractivity contribution in [1.29, 1.82) is 0 Å². The van der Waals surface area contributed by atoms with Gasteiger partial charge in [-0.2, -0.15) is 0 Å². The number of H-pyrrole nitrogens is 1. The number of hydrogen-bond acceptors (Lipinski definition) is 6. The molecular formula is C19H22N6OS. The van der Waals surface area contributed by atoms with Crippen LogP contribution in [0.25, 0.3) is 11.0 Å². The van der Waals surface area contributed by atoms with Crippen LogP contribution in [0.2, 0.25) is 0 Å². The highest BCUT2D eigenvalue weighted by molar-refractivity contribution is 7.10. The van der Waals surface area contributed by atoms with Crippen LogP contribution in [0.5, 0.6) is 0 Å². The monoisotopic (exact) mass is 382 g/mol. The van der Waals surface area contributed by atoms with E-state index in [0.29, 0.717) is 0 Å². The Balaban J connectivity index is 1.20. The maximum atomic E-state index is 12.9. The quantitative estimate of drug-likeness (QED) is 0.645. The normalized spacial score (nSPS) is 23.3. The van der Waals surface area contributed by atoms with Gasteiger partial charge in [0.2, 0.25) is 11.9 Å². The van der Waals surface area contributed by atoms with Crippen molar-refractivity contribution in [3.8, 4) is 0 Å². The van der Waals surface area contributed by atoms with Gasteiger partial charge in [-0.25, -0.2) is 15.8 Å². The van der Waals surface area contributed by atoms with Gasteiger partial charge in [0.1, 0.15) is 6.04 Å². The first kappa shape index (κ1) is 16.7. The SMILES string of the molecule is O=C(C1CC(c2cccs2)NN1)N1CCN(c2nc3ccccc3[nH]2)CC1. The molecule has 2 aliphatic rings. The van der Waals surface area contributed by atoms with Crippen molar-refractivity contribution in [3.05, 3.63) is 46.7 Å². The van der Waals surface area contributed by atoms with Crippen LogP contribution in [-0.2, 0) is 4.79 Å². The van der Waals surface area contributed by atoms with Gasteiger partial charge in [0.15, 0.2) is 0 Å². The average Bonchev–Trinajstić information content (AvgIpc) is 3.47. The number of imidazole rings is 1. The largest absolute Gasteiger partial charge is 0.339 e. The smallest absolute Gasteiger partial charge is 0.241 e. The maximum absolute atomic E-state index is 12.9. The van der Waals surface area contributed by atoms with Crippen LogP contribution in [-0.4, -0.2) is 53.0 Å². The number of carbonyl (C=O) groups excluding carboxylic acids is 1. The zero-order chi connectivity index (χ0) is 18.2. The highest BCUT2D eigenvalue weighted by Crippen LogP contribution is 2.27. The molecule has 2 aromatic heterocycles. The number of fused-ring (bicyclic) bond motifs is 1. The van der Waals surface area contributed by atoms with Gasteiger partial charge in [0, 0.05) is 31.1 Å². The van der Waals surface area contributed by atoms with Crippen molar-refractivity contribution in [2.45, 2.75) is 18.5 Å². The average molecular weight is 382 g/mol. The van der Waals surface area contributed by atoms with Crippen molar-refractivity contribution in [1.82, 2.24) is 25.7 Å². The number of aromatic nitrogens is 2.